The molecule has 0 amide bonds. The van der Waals surface area contributed by atoms with Crippen LogP contribution in [0.4, 0.5) is 0 Å². The fourth-order valence-corrected chi connectivity index (χ4v) is 0. The standard InChI is InChI=1S/2CH3.H2N.Ti/h2*1H3;1H2;/q3*-1;+3. The minimum atomic E-state index is 0. The Kier molecular flexibility index (Phi) is 2010. The first kappa shape index (κ1) is 139. The predicted octanol–water partition coefficient (Wildman–Crippen LogP) is 1.62. The zero-order valence-electron chi connectivity index (χ0n) is 3.08. The van der Waals surface area contributed by atoms with Crippen molar-refractivity contribution in [2.24, 2.45) is 0 Å². The van der Waals surface area contributed by atoms with E-state index < -0.39 is 0 Å². The Bertz CT molecular complexity index is 6.00. The molecule has 2 heteroatoms. The van der Waals surface area contributed by atoms with Crippen LogP contribution in [0.3, 0.4) is 0 Å². The first-order chi connectivity index (χ1) is 0. The number of rotatable bonds is 0. The van der Waals surface area contributed by atoms with E-state index in [0.29, 0.717) is 0 Å². The quantitative estimate of drug-likeness (QED) is 0.322. The molecule has 0 aromatic carbocycles. The van der Waals surface area contributed by atoms with E-state index in [1.807, 2.05) is 0 Å². The monoisotopic (exact) mass is 94.0 g/mol. The molecule has 0 aromatic heterocycles. The van der Waals surface area contributed by atoms with Crippen LogP contribution in [0.5, 0.6) is 0 Å². The molecule has 1 radical (unpaired) electrons. The van der Waals surface area contributed by atoms with Gasteiger partial charge < -0.3 is 21.0 Å². The summed E-state index contributed by atoms with van der Waals surface area (Å²) in [7, 11) is 0. The molecule has 0 aliphatic rings. The zero-order chi connectivity index (χ0) is 0. The molecule has 0 rings (SSSR count). The molecule has 0 aliphatic carbocycles. The van der Waals surface area contributed by atoms with E-state index >= 15 is 0 Å². The number of hydrogen-bond acceptors (Lipinski definition) is 0. The average molecular weight is 94.0 g/mol. The molecule has 2 N–H and O–H groups in total. The average Bonchev–Trinajstić information content (AvgIpc) is 0. The van der Waals surface area contributed by atoms with Gasteiger partial charge in [0.2, 0.25) is 0 Å². The third kappa shape index (κ3) is 16.5. The molecule has 4 heavy (non-hydrogen) atoms. The van der Waals surface area contributed by atoms with E-state index in [1.165, 1.54) is 0 Å². The van der Waals surface area contributed by atoms with E-state index in [2.05, 4.69) is 0 Å². The van der Waals surface area contributed by atoms with Crippen molar-refractivity contribution in [1.82, 2.24) is 0 Å². The van der Waals surface area contributed by atoms with Crippen LogP contribution in [0.25, 0.3) is 6.15 Å². The summed E-state index contributed by atoms with van der Waals surface area (Å²) in [4.78, 5) is 0. The molecule has 0 aromatic rings. The fraction of sp³-hybridized carbons (Fsp3) is 0. The summed E-state index contributed by atoms with van der Waals surface area (Å²) in [6.45, 7) is 0. The summed E-state index contributed by atoms with van der Waals surface area (Å²) >= 11 is 0. The van der Waals surface area contributed by atoms with Gasteiger partial charge in [-0.2, -0.15) is 0 Å². The molecular formula is C2H8NTi. The third-order valence-electron chi connectivity index (χ3n) is 0. The van der Waals surface area contributed by atoms with E-state index in [-0.39, 0.29) is 42.7 Å². The zero-order valence-corrected chi connectivity index (χ0v) is 4.64. The molecule has 0 atom stereocenters. The third-order valence-corrected chi connectivity index (χ3v) is 0. The van der Waals surface area contributed by atoms with Crippen molar-refractivity contribution in [1.29, 1.82) is 0 Å². The van der Waals surface area contributed by atoms with Gasteiger partial charge in [0, 0.05) is 0 Å². The van der Waals surface area contributed by atoms with Gasteiger partial charge in [0.25, 0.3) is 0 Å². The van der Waals surface area contributed by atoms with Crippen LogP contribution in [0.1, 0.15) is 0 Å². The molecule has 0 aliphatic heterocycles. The normalized spacial score (nSPS) is 0. The summed E-state index contributed by atoms with van der Waals surface area (Å²) < 4.78 is 0. The molecule has 1 nitrogen and oxygen atoms in total. The minimum Gasteiger partial charge on any atom is -0.693 e. The van der Waals surface area contributed by atoms with Crippen molar-refractivity contribution in [3.63, 3.8) is 0 Å². The van der Waals surface area contributed by atoms with Crippen LogP contribution in [0.2, 0.25) is 0 Å². The Morgan fingerprint density at radius 3 is 0.750 bits per heavy atom. The predicted molar refractivity (Wildman–Crippen MR) is 18.1 cm³/mol. The molecule has 0 saturated carbocycles. The van der Waals surface area contributed by atoms with Crippen molar-refractivity contribution in [2.45, 2.75) is 0 Å². The maximum atomic E-state index is 0. The first-order valence-corrected chi connectivity index (χ1v) is 0. The maximum Gasteiger partial charge on any atom is 3.00 e. The van der Waals surface area contributed by atoms with Crippen molar-refractivity contribution in [3.8, 4) is 0 Å². The molecule has 0 spiro atoms. The van der Waals surface area contributed by atoms with Gasteiger partial charge >= 0.3 is 21.7 Å². The van der Waals surface area contributed by atoms with Gasteiger partial charge in [0.1, 0.15) is 0 Å². The second kappa shape index (κ2) is 57.8. The maximum absolute atomic E-state index is 0. The van der Waals surface area contributed by atoms with Gasteiger partial charge in [-0.3, -0.25) is 0 Å². The van der Waals surface area contributed by atoms with Crippen molar-refractivity contribution >= 4 is 0 Å². The number of hydrogen-bond donors (Lipinski definition) is 0. The smallest absolute Gasteiger partial charge is 0.693 e. The van der Waals surface area contributed by atoms with Crippen LogP contribution in [0.15, 0.2) is 0 Å². The largest absolute Gasteiger partial charge is 3.00 e. The van der Waals surface area contributed by atoms with E-state index in [0.717, 1.165) is 0 Å². The number of nitrogens with two attached hydrogens (primary N) is 1. The Morgan fingerprint density at radius 1 is 0.750 bits per heavy atom. The van der Waals surface area contributed by atoms with Crippen LogP contribution >= 0.6 is 0 Å². The molecule has 0 heterocycles. The molecule has 0 unspecified atom stereocenters. The van der Waals surface area contributed by atoms with Crippen LogP contribution in [-0.2, 0) is 21.7 Å². The van der Waals surface area contributed by atoms with E-state index in [4.69, 9.17) is 0 Å². The molecule has 25 valence electrons. The molecule has 0 saturated heterocycles. The summed E-state index contributed by atoms with van der Waals surface area (Å²) in [5, 5.41) is 0. The van der Waals surface area contributed by atoms with Gasteiger partial charge in [-0.15, -0.1) is 0 Å². The summed E-state index contributed by atoms with van der Waals surface area (Å²) in [5.74, 6) is 0. The van der Waals surface area contributed by atoms with Crippen LogP contribution < -0.4 is 0 Å². The van der Waals surface area contributed by atoms with Gasteiger partial charge in [-0.1, -0.05) is 0 Å². The van der Waals surface area contributed by atoms with Gasteiger partial charge in [-0.25, -0.2) is 0 Å². The van der Waals surface area contributed by atoms with Crippen molar-refractivity contribution < 1.29 is 21.7 Å². The van der Waals surface area contributed by atoms with Gasteiger partial charge in [0.05, 0.1) is 0 Å². The second-order valence-electron chi connectivity index (χ2n) is 0. The second-order valence-corrected chi connectivity index (χ2v) is 0. The molecule has 0 fully saturated rings. The Balaban J connectivity index is 0. The van der Waals surface area contributed by atoms with E-state index in [1.54, 1.807) is 0 Å². The topological polar surface area (TPSA) is 33.5 Å². The van der Waals surface area contributed by atoms with E-state index in [9.17, 15) is 0 Å². The van der Waals surface area contributed by atoms with Crippen molar-refractivity contribution in [2.75, 3.05) is 0 Å². The van der Waals surface area contributed by atoms with Gasteiger partial charge in [-0.05, 0) is 0 Å². The summed E-state index contributed by atoms with van der Waals surface area (Å²) in [6, 6.07) is 0. The minimum absolute atomic E-state index is 0. The summed E-state index contributed by atoms with van der Waals surface area (Å²) in [6.07, 6.45) is 0. The Morgan fingerprint density at radius 2 is 0.750 bits per heavy atom. The van der Waals surface area contributed by atoms with Crippen LogP contribution in [-0.4, -0.2) is 0 Å². The fourth-order valence-electron chi connectivity index (χ4n) is 0. The Hall–Kier alpha value is 0.674. The molecule has 0 bridgehead atoms. The molecular weight excluding hydrogens is 85.9 g/mol. The SMILES string of the molecule is [CH3-].[CH3-].[NH2-].[Ti+3]. The van der Waals surface area contributed by atoms with Gasteiger partial charge in [0.15, 0.2) is 0 Å². The van der Waals surface area contributed by atoms with Crippen LogP contribution in [0, 0.1) is 14.9 Å². The summed E-state index contributed by atoms with van der Waals surface area (Å²) in [5.41, 5.74) is 0. The Labute approximate surface area is 43.3 Å². The first-order valence-electron chi connectivity index (χ1n) is 0. The van der Waals surface area contributed by atoms with Crippen molar-refractivity contribution in [3.05, 3.63) is 21.0 Å².